The Hall–Kier alpha value is -2.98. The third-order valence-electron chi connectivity index (χ3n) is 5.08. The van der Waals surface area contributed by atoms with Crippen molar-refractivity contribution in [2.24, 2.45) is 0 Å². The van der Waals surface area contributed by atoms with E-state index < -0.39 is 0 Å². The molecule has 2 N–H and O–H groups in total. The van der Waals surface area contributed by atoms with Gasteiger partial charge in [-0.25, -0.2) is 10.0 Å². The zero-order chi connectivity index (χ0) is 18.8. The van der Waals surface area contributed by atoms with E-state index in [4.69, 9.17) is 43.4 Å². The smallest absolute Gasteiger partial charge is 0.231 e. The maximum absolute atomic E-state index is 5.62. The van der Waals surface area contributed by atoms with Gasteiger partial charge < -0.3 is 29.6 Å². The van der Waals surface area contributed by atoms with Gasteiger partial charge in [0.2, 0.25) is 13.6 Å². The monoisotopic (exact) mass is 414 g/mol. The van der Waals surface area contributed by atoms with Crippen LogP contribution >= 0.6 is 24.4 Å². The third-order valence-corrected chi connectivity index (χ3v) is 5.69. The minimum absolute atomic E-state index is 0.233. The molecule has 0 aliphatic carbocycles. The van der Waals surface area contributed by atoms with Crippen molar-refractivity contribution in [1.29, 1.82) is 0 Å². The lowest BCUT2D eigenvalue weighted by Crippen LogP contribution is -2.36. The minimum Gasteiger partial charge on any atom is -0.454 e. The summed E-state index contributed by atoms with van der Waals surface area (Å²) in [7, 11) is 0. The van der Waals surface area contributed by atoms with E-state index in [2.05, 4.69) is 10.6 Å². The Morgan fingerprint density at radius 2 is 1.11 bits per heavy atom. The average molecular weight is 414 g/mol. The molecule has 142 valence electrons. The molecule has 4 aliphatic heterocycles. The van der Waals surface area contributed by atoms with E-state index in [0.717, 1.165) is 22.6 Å². The number of benzene rings is 2. The summed E-state index contributed by atoms with van der Waals surface area (Å²) in [5.74, 6) is 2.91. The van der Waals surface area contributed by atoms with Crippen molar-refractivity contribution in [1.82, 2.24) is 20.7 Å². The van der Waals surface area contributed by atoms with Gasteiger partial charge in [-0.1, -0.05) is 12.1 Å². The molecule has 0 amide bonds. The summed E-state index contributed by atoms with van der Waals surface area (Å²) in [4.78, 5) is 0. The lowest BCUT2D eigenvalue weighted by atomic mass is 10.1. The summed E-state index contributed by atoms with van der Waals surface area (Å²) in [5.41, 5.74) is 1.95. The van der Waals surface area contributed by atoms with Crippen LogP contribution in [-0.4, -0.2) is 33.8 Å². The van der Waals surface area contributed by atoms with Crippen LogP contribution in [-0.2, 0) is 0 Å². The molecule has 0 radical (unpaired) electrons. The van der Waals surface area contributed by atoms with Gasteiger partial charge >= 0.3 is 0 Å². The number of nitrogens with zero attached hydrogens (tertiary/aromatic N) is 2. The first kappa shape index (κ1) is 16.0. The predicted molar refractivity (Wildman–Crippen MR) is 106 cm³/mol. The molecule has 2 atom stereocenters. The molecule has 0 aromatic heterocycles. The topological polar surface area (TPSA) is 67.5 Å². The maximum Gasteiger partial charge on any atom is 0.231 e. The lowest BCUT2D eigenvalue weighted by Gasteiger charge is -2.26. The minimum atomic E-state index is -0.235. The zero-order valence-electron chi connectivity index (χ0n) is 14.4. The molecule has 4 aliphatic rings. The Balaban J connectivity index is 1.35. The van der Waals surface area contributed by atoms with Crippen LogP contribution in [0.1, 0.15) is 23.5 Å². The van der Waals surface area contributed by atoms with Crippen LogP contribution in [0.25, 0.3) is 0 Å². The van der Waals surface area contributed by atoms with E-state index in [1.807, 2.05) is 46.4 Å². The molecule has 2 aromatic carbocycles. The Morgan fingerprint density at radius 3 is 1.57 bits per heavy atom. The Kier molecular flexibility index (Phi) is 3.29. The van der Waals surface area contributed by atoms with Gasteiger partial charge in [0.05, 0.1) is 0 Å². The Labute approximate surface area is 170 Å². The van der Waals surface area contributed by atoms with Crippen LogP contribution in [0.15, 0.2) is 36.4 Å². The first-order valence-corrected chi connectivity index (χ1v) is 9.49. The normalized spacial score (nSPS) is 23.7. The molecule has 28 heavy (non-hydrogen) atoms. The molecule has 4 heterocycles. The number of hydrazine groups is 1. The van der Waals surface area contributed by atoms with E-state index in [-0.39, 0.29) is 25.9 Å². The van der Waals surface area contributed by atoms with Crippen molar-refractivity contribution < 1.29 is 18.9 Å². The van der Waals surface area contributed by atoms with Gasteiger partial charge in [-0.05, 0) is 48.7 Å². The molecule has 0 spiro atoms. The van der Waals surface area contributed by atoms with Gasteiger partial charge in [-0.2, -0.15) is 0 Å². The predicted octanol–water partition coefficient (Wildman–Crippen LogP) is 2.14. The fourth-order valence-corrected chi connectivity index (χ4v) is 4.39. The first-order valence-electron chi connectivity index (χ1n) is 8.67. The zero-order valence-corrected chi connectivity index (χ0v) is 16.0. The summed E-state index contributed by atoms with van der Waals surface area (Å²) in [6, 6.07) is 11.6. The van der Waals surface area contributed by atoms with Crippen LogP contribution in [0.2, 0.25) is 0 Å². The number of fused-ring (bicyclic) bond motifs is 3. The van der Waals surface area contributed by atoms with Crippen LogP contribution in [0.3, 0.4) is 0 Å². The summed E-state index contributed by atoms with van der Waals surface area (Å²) >= 11 is 11.2. The van der Waals surface area contributed by atoms with Gasteiger partial charge in [-0.3, -0.25) is 0 Å². The highest BCUT2D eigenvalue weighted by atomic mass is 32.1. The number of rotatable bonds is 2. The van der Waals surface area contributed by atoms with E-state index in [1.165, 1.54) is 0 Å². The molecule has 0 unspecified atom stereocenters. The molecule has 2 saturated heterocycles. The van der Waals surface area contributed by atoms with Crippen LogP contribution in [0, 0.1) is 0 Å². The molecule has 2 fully saturated rings. The van der Waals surface area contributed by atoms with Crippen molar-refractivity contribution in [2.75, 3.05) is 13.6 Å². The lowest BCUT2D eigenvalue weighted by molar-refractivity contribution is 0.114. The van der Waals surface area contributed by atoms with Gasteiger partial charge in [0.25, 0.3) is 0 Å². The number of thiocarbonyl (C=S) groups is 2. The standard InChI is InChI=1S/C18H14N4O4S2/c27-17-19-15(9-1-3-11-13(5-9)25-7-23-11)21-18(28)20-16(22(17)21)10-2-4-12-14(6-10)26-8-24-12/h1-6,15-16H,7-8H2,(H,19,27)(H,20,28)/t15-,16+. The highest BCUT2D eigenvalue weighted by Crippen LogP contribution is 2.42. The number of hydrogen-bond donors (Lipinski definition) is 2. The Bertz CT molecular complexity index is 951. The second-order valence-electron chi connectivity index (χ2n) is 6.62. The molecular weight excluding hydrogens is 400 g/mol. The van der Waals surface area contributed by atoms with Crippen molar-refractivity contribution in [2.45, 2.75) is 12.3 Å². The fourth-order valence-electron chi connectivity index (χ4n) is 3.78. The molecule has 6 rings (SSSR count). The summed E-state index contributed by atoms with van der Waals surface area (Å²) in [6.07, 6.45) is -0.470. The van der Waals surface area contributed by atoms with Crippen LogP contribution in [0.5, 0.6) is 23.0 Å². The molecular formula is C18H14N4O4S2. The first-order chi connectivity index (χ1) is 13.7. The number of nitrogens with one attached hydrogen (secondary N) is 2. The number of hydrogen-bond acceptors (Lipinski definition) is 6. The second-order valence-corrected chi connectivity index (χ2v) is 7.39. The summed E-state index contributed by atoms with van der Waals surface area (Å²) in [5, 5.41) is 11.8. The SMILES string of the molecule is S=C1N[C@@H](c2ccc3c(c2)OCO3)N2C(=S)N[C@H](c3ccc4c(c3)OCO4)N12. The third kappa shape index (κ3) is 2.21. The van der Waals surface area contributed by atoms with Gasteiger partial charge in [-0.15, -0.1) is 0 Å². The van der Waals surface area contributed by atoms with E-state index >= 15 is 0 Å². The second kappa shape index (κ2) is 5.76. The van der Waals surface area contributed by atoms with Crippen molar-refractivity contribution in [3.05, 3.63) is 47.5 Å². The molecule has 0 saturated carbocycles. The van der Waals surface area contributed by atoms with Crippen molar-refractivity contribution >= 4 is 34.7 Å². The quantitative estimate of drug-likeness (QED) is 0.715. The van der Waals surface area contributed by atoms with E-state index in [9.17, 15) is 0 Å². The molecule has 2 aromatic rings. The number of ether oxygens (including phenoxy) is 4. The van der Waals surface area contributed by atoms with Crippen LogP contribution in [0.4, 0.5) is 0 Å². The van der Waals surface area contributed by atoms with Crippen LogP contribution < -0.4 is 29.6 Å². The average Bonchev–Trinajstić information content (AvgIpc) is 3.46. The van der Waals surface area contributed by atoms with Gasteiger partial charge in [0.1, 0.15) is 12.3 Å². The highest BCUT2D eigenvalue weighted by Gasteiger charge is 2.47. The molecule has 10 heteroatoms. The van der Waals surface area contributed by atoms with Crippen molar-refractivity contribution in [3.63, 3.8) is 0 Å². The Morgan fingerprint density at radius 1 is 0.679 bits per heavy atom. The summed E-state index contributed by atoms with van der Waals surface area (Å²) < 4.78 is 21.8. The highest BCUT2D eigenvalue weighted by molar-refractivity contribution is 7.80. The van der Waals surface area contributed by atoms with Crippen molar-refractivity contribution in [3.8, 4) is 23.0 Å². The molecule has 8 nitrogen and oxygen atoms in total. The van der Waals surface area contributed by atoms with Gasteiger partial charge in [0, 0.05) is 11.1 Å². The van der Waals surface area contributed by atoms with E-state index in [0.29, 0.717) is 21.7 Å². The van der Waals surface area contributed by atoms with E-state index in [1.54, 1.807) is 0 Å². The summed E-state index contributed by atoms with van der Waals surface area (Å²) in [6.45, 7) is 0.467. The largest absolute Gasteiger partial charge is 0.454 e. The fraction of sp³-hybridized carbons (Fsp3) is 0.222. The van der Waals surface area contributed by atoms with Gasteiger partial charge in [0.15, 0.2) is 33.2 Å². The molecule has 0 bridgehead atoms. The maximum atomic E-state index is 5.62.